The Kier molecular flexibility index (Phi) is 3.46. The third-order valence-electron chi connectivity index (χ3n) is 3.29. The summed E-state index contributed by atoms with van der Waals surface area (Å²) in [5.74, 6) is -0.582. The molecule has 22 heavy (non-hydrogen) atoms. The molecule has 0 aliphatic rings. The fourth-order valence-corrected chi connectivity index (χ4v) is 2.16. The Labute approximate surface area is 126 Å². The van der Waals surface area contributed by atoms with Crippen molar-refractivity contribution in [3.63, 3.8) is 0 Å². The zero-order valence-corrected chi connectivity index (χ0v) is 12.1. The van der Waals surface area contributed by atoms with Gasteiger partial charge in [0.2, 0.25) is 0 Å². The van der Waals surface area contributed by atoms with Crippen molar-refractivity contribution in [3.05, 3.63) is 59.9 Å². The summed E-state index contributed by atoms with van der Waals surface area (Å²) in [5, 5.41) is 10.9. The van der Waals surface area contributed by atoms with Gasteiger partial charge in [-0.25, -0.2) is 9.07 Å². The standard InChI is InChI=1S/C15H14FN5O/c1-10-14(15(22)19-12-7-17-20(2)9-12)8-18-21(10)13-5-3-11(16)4-6-13/h3-9H,1-2H3,(H,19,22). The third kappa shape index (κ3) is 2.60. The first-order valence-corrected chi connectivity index (χ1v) is 6.65. The molecule has 0 aliphatic carbocycles. The van der Waals surface area contributed by atoms with E-state index in [0.29, 0.717) is 22.6 Å². The monoisotopic (exact) mass is 299 g/mol. The lowest BCUT2D eigenvalue weighted by Crippen LogP contribution is -2.12. The van der Waals surface area contributed by atoms with Crippen LogP contribution in [0.4, 0.5) is 10.1 Å². The lowest BCUT2D eigenvalue weighted by Gasteiger charge is -2.05. The third-order valence-corrected chi connectivity index (χ3v) is 3.29. The predicted octanol–water partition coefficient (Wildman–Crippen LogP) is 2.31. The molecule has 0 spiro atoms. The van der Waals surface area contributed by atoms with Crippen molar-refractivity contribution in [2.75, 3.05) is 5.32 Å². The first-order chi connectivity index (χ1) is 10.5. The molecule has 0 aliphatic heterocycles. The minimum atomic E-state index is -0.317. The lowest BCUT2D eigenvalue weighted by atomic mass is 10.2. The molecule has 0 saturated heterocycles. The molecule has 0 bridgehead atoms. The van der Waals surface area contributed by atoms with Crippen LogP contribution in [0.25, 0.3) is 5.69 Å². The molecule has 3 rings (SSSR count). The summed E-state index contributed by atoms with van der Waals surface area (Å²) in [5.41, 5.74) is 2.43. The van der Waals surface area contributed by atoms with Crippen molar-refractivity contribution in [2.24, 2.45) is 7.05 Å². The number of nitrogens with one attached hydrogen (secondary N) is 1. The number of halogens is 1. The molecule has 1 amide bonds. The average Bonchev–Trinajstić information content (AvgIpc) is 3.06. The van der Waals surface area contributed by atoms with Crippen molar-refractivity contribution in [1.82, 2.24) is 19.6 Å². The number of rotatable bonds is 3. The van der Waals surface area contributed by atoms with Crippen LogP contribution in [0.15, 0.2) is 42.9 Å². The molecular weight excluding hydrogens is 285 g/mol. The van der Waals surface area contributed by atoms with Crippen LogP contribution in [-0.4, -0.2) is 25.5 Å². The smallest absolute Gasteiger partial charge is 0.259 e. The molecule has 112 valence electrons. The van der Waals surface area contributed by atoms with Gasteiger partial charge in [-0.15, -0.1) is 0 Å². The molecule has 0 unspecified atom stereocenters. The van der Waals surface area contributed by atoms with Gasteiger partial charge in [0.05, 0.1) is 35.0 Å². The highest BCUT2D eigenvalue weighted by Crippen LogP contribution is 2.16. The molecule has 3 aromatic rings. The van der Waals surface area contributed by atoms with Crippen LogP contribution in [0, 0.1) is 12.7 Å². The zero-order valence-electron chi connectivity index (χ0n) is 12.1. The average molecular weight is 299 g/mol. The molecule has 2 heterocycles. The van der Waals surface area contributed by atoms with E-state index < -0.39 is 0 Å². The van der Waals surface area contributed by atoms with Crippen molar-refractivity contribution < 1.29 is 9.18 Å². The van der Waals surface area contributed by atoms with E-state index in [1.165, 1.54) is 18.3 Å². The number of benzene rings is 1. The fourth-order valence-electron chi connectivity index (χ4n) is 2.16. The molecule has 1 N–H and O–H groups in total. The number of hydrogen-bond acceptors (Lipinski definition) is 3. The van der Waals surface area contributed by atoms with Gasteiger partial charge in [-0.2, -0.15) is 10.2 Å². The van der Waals surface area contributed by atoms with E-state index in [0.717, 1.165) is 0 Å². The Hall–Kier alpha value is -2.96. The van der Waals surface area contributed by atoms with E-state index in [2.05, 4.69) is 15.5 Å². The second-order valence-corrected chi connectivity index (χ2v) is 4.89. The van der Waals surface area contributed by atoms with E-state index >= 15 is 0 Å². The number of hydrogen-bond donors (Lipinski definition) is 1. The number of nitrogens with zero attached hydrogens (tertiary/aromatic N) is 4. The Morgan fingerprint density at radius 3 is 2.55 bits per heavy atom. The van der Waals surface area contributed by atoms with Crippen LogP contribution in [0.5, 0.6) is 0 Å². The summed E-state index contributed by atoms with van der Waals surface area (Å²) in [7, 11) is 1.77. The number of carbonyl (C=O) groups excluding carboxylic acids is 1. The highest BCUT2D eigenvalue weighted by molar-refractivity contribution is 6.04. The van der Waals surface area contributed by atoms with Crippen molar-refractivity contribution >= 4 is 11.6 Å². The van der Waals surface area contributed by atoms with Crippen LogP contribution < -0.4 is 5.32 Å². The molecule has 0 radical (unpaired) electrons. The maximum Gasteiger partial charge on any atom is 0.259 e. The van der Waals surface area contributed by atoms with Crippen LogP contribution in [-0.2, 0) is 7.05 Å². The number of amides is 1. The summed E-state index contributed by atoms with van der Waals surface area (Å²) in [6, 6.07) is 5.92. The second kappa shape index (κ2) is 5.44. The lowest BCUT2D eigenvalue weighted by molar-refractivity contribution is 0.102. The van der Waals surface area contributed by atoms with Gasteiger partial charge in [0, 0.05) is 13.2 Å². The van der Waals surface area contributed by atoms with Crippen molar-refractivity contribution in [2.45, 2.75) is 6.92 Å². The molecule has 1 aromatic carbocycles. The Morgan fingerprint density at radius 2 is 1.91 bits per heavy atom. The van der Waals surface area contributed by atoms with Gasteiger partial charge < -0.3 is 5.32 Å². The van der Waals surface area contributed by atoms with Crippen molar-refractivity contribution in [3.8, 4) is 5.69 Å². The second-order valence-electron chi connectivity index (χ2n) is 4.89. The van der Waals surface area contributed by atoms with Crippen LogP contribution in [0.2, 0.25) is 0 Å². The Bertz CT molecular complexity index is 819. The highest BCUT2D eigenvalue weighted by atomic mass is 19.1. The first kappa shape index (κ1) is 14.0. The number of aryl methyl sites for hydroxylation is 1. The topological polar surface area (TPSA) is 64.7 Å². The van der Waals surface area contributed by atoms with Crippen LogP contribution in [0.3, 0.4) is 0 Å². The molecule has 0 fully saturated rings. The van der Waals surface area contributed by atoms with Gasteiger partial charge in [-0.1, -0.05) is 0 Å². The van der Waals surface area contributed by atoms with Gasteiger partial charge in [0.25, 0.3) is 5.91 Å². The number of aromatic nitrogens is 4. The maximum absolute atomic E-state index is 13.0. The van der Waals surface area contributed by atoms with Gasteiger partial charge in [0.15, 0.2) is 0 Å². The van der Waals surface area contributed by atoms with E-state index in [1.54, 1.807) is 47.9 Å². The highest BCUT2D eigenvalue weighted by Gasteiger charge is 2.15. The van der Waals surface area contributed by atoms with Gasteiger partial charge >= 0.3 is 0 Å². The zero-order chi connectivity index (χ0) is 15.7. The van der Waals surface area contributed by atoms with Crippen molar-refractivity contribution in [1.29, 1.82) is 0 Å². The van der Waals surface area contributed by atoms with Crippen LogP contribution in [0.1, 0.15) is 16.1 Å². The molecule has 0 atom stereocenters. The first-order valence-electron chi connectivity index (χ1n) is 6.65. The van der Waals surface area contributed by atoms with E-state index in [-0.39, 0.29) is 11.7 Å². The summed E-state index contributed by atoms with van der Waals surface area (Å²) in [4.78, 5) is 12.3. The Morgan fingerprint density at radius 1 is 1.18 bits per heavy atom. The predicted molar refractivity (Wildman–Crippen MR) is 79.4 cm³/mol. The van der Waals surface area contributed by atoms with Crippen LogP contribution >= 0.6 is 0 Å². The molecule has 2 aromatic heterocycles. The van der Waals surface area contributed by atoms with E-state index in [1.807, 2.05) is 0 Å². The summed E-state index contributed by atoms with van der Waals surface area (Å²) < 4.78 is 16.2. The largest absolute Gasteiger partial charge is 0.319 e. The van der Waals surface area contributed by atoms with Gasteiger partial charge in [0.1, 0.15) is 5.82 Å². The Balaban J connectivity index is 1.86. The number of anilines is 1. The normalized spacial score (nSPS) is 10.7. The maximum atomic E-state index is 13.0. The van der Waals surface area contributed by atoms with E-state index in [9.17, 15) is 9.18 Å². The minimum absolute atomic E-state index is 0.265. The fraction of sp³-hybridized carbons (Fsp3) is 0.133. The molecule has 7 heteroatoms. The SMILES string of the molecule is Cc1c(C(=O)Nc2cnn(C)c2)cnn1-c1ccc(F)cc1. The summed E-state index contributed by atoms with van der Waals surface area (Å²) in [6.45, 7) is 1.79. The minimum Gasteiger partial charge on any atom is -0.319 e. The summed E-state index contributed by atoms with van der Waals surface area (Å²) in [6.07, 6.45) is 4.76. The summed E-state index contributed by atoms with van der Waals surface area (Å²) >= 11 is 0. The molecule has 6 nitrogen and oxygen atoms in total. The molecule has 0 saturated carbocycles. The van der Waals surface area contributed by atoms with Gasteiger partial charge in [-0.3, -0.25) is 9.48 Å². The quantitative estimate of drug-likeness (QED) is 0.807. The van der Waals surface area contributed by atoms with E-state index in [4.69, 9.17) is 0 Å². The van der Waals surface area contributed by atoms with Gasteiger partial charge in [-0.05, 0) is 31.2 Å². The number of carbonyl (C=O) groups is 1. The molecular formula is C15H14FN5O.